The molecular formula is C128H82N10S5. The van der Waals surface area contributed by atoms with Crippen molar-refractivity contribution in [3.63, 3.8) is 0 Å². The van der Waals surface area contributed by atoms with E-state index >= 15 is 0 Å². The normalized spacial score (nSPS) is 11.2. The zero-order chi connectivity index (χ0) is 95.1. The van der Waals surface area contributed by atoms with Crippen LogP contribution in [-0.2, 0) is 0 Å². The molecular weight excluding hydrogens is 1840 g/mol. The molecule has 674 valence electrons. The highest BCUT2D eigenvalue weighted by Crippen LogP contribution is 2.47. The van der Waals surface area contributed by atoms with Crippen LogP contribution in [-0.4, -0.2) is 49.8 Å². The molecule has 0 fully saturated rings. The zero-order valence-electron chi connectivity index (χ0n) is 76.9. The molecule has 0 saturated heterocycles. The molecule has 0 bridgehead atoms. The summed E-state index contributed by atoms with van der Waals surface area (Å²) in [7, 11) is 0. The Morgan fingerprint density at radius 1 is 0.133 bits per heavy atom. The summed E-state index contributed by atoms with van der Waals surface area (Å²) in [6.45, 7) is 0. The first-order valence-electron chi connectivity index (χ1n) is 47.2. The van der Waals surface area contributed by atoms with E-state index in [0.29, 0.717) is 0 Å². The molecule has 0 unspecified atom stereocenters. The van der Waals surface area contributed by atoms with Gasteiger partial charge >= 0.3 is 0 Å². The number of rotatable bonds is 13. The first-order chi connectivity index (χ1) is 70.9. The van der Waals surface area contributed by atoms with Gasteiger partial charge in [-0.05, 0) is 80.9 Å². The lowest BCUT2D eigenvalue weighted by Crippen LogP contribution is -1.95. The molecule has 0 aliphatic carbocycles. The van der Waals surface area contributed by atoms with Crippen LogP contribution in [0.3, 0.4) is 0 Å². The number of fused-ring (bicyclic) bond motifs is 15. The van der Waals surface area contributed by atoms with Crippen LogP contribution in [0.5, 0.6) is 0 Å². The van der Waals surface area contributed by atoms with Crippen LogP contribution >= 0.6 is 56.7 Å². The molecule has 15 heteroatoms. The third kappa shape index (κ3) is 18.3. The molecule has 18 aromatic carbocycles. The first-order valence-corrected chi connectivity index (χ1v) is 51.3. The fraction of sp³-hybridized carbons (Fsp3) is 0. The highest BCUT2D eigenvalue weighted by Gasteiger charge is 2.24. The van der Waals surface area contributed by atoms with E-state index in [4.69, 9.17) is 44.9 Å². The van der Waals surface area contributed by atoms with E-state index in [1.165, 1.54) is 89.4 Å². The van der Waals surface area contributed by atoms with Crippen LogP contribution in [0.15, 0.2) is 498 Å². The average Bonchev–Trinajstić information content (AvgIpc) is 1.61. The van der Waals surface area contributed by atoms with E-state index in [2.05, 4.69) is 405 Å². The van der Waals surface area contributed by atoms with E-state index in [0.717, 1.165) is 159 Å². The summed E-state index contributed by atoms with van der Waals surface area (Å²) in [5, 5.41) is 5.94. The lowest BCUT2D eigenvalue weighted by Gasteiger charge is -2.11. The minimum Gasteiger partial charge on any atom is -0.235 e. The predicted molar refractivity (Wildman–Crippen MR) is 605 cm³/mol. The van der Waals surface area contributed by atoms with Crippen molar-refractivity contribution in [3.8, 4) is 146 Å². The molecule has 0 aliphatic rings. The maximum Gasteiger partial charge on any atom is 0.161 e. The van der Waals surface area contributed by atoms with Crippen molar-refractivity contribution in [1.29, 1.82) is 0 Å². The fourth-order valence-corrected chi connectivity index (χ4v) is 23.8. The van der Waals surface area contributed by atoms with Gasteiger partial charge in [-0.3, -0.25) is 0 Å². The molecule has 0 aliphatic heterocycles. The van der Waals surface area contributed by atoms with E-state index in [1.54, 1.807) is 56.7 Å². The summed E-state index contributed by atoms with van der Waals surface area (Å²) in [6.07, 6.45) is 1.93. The molecule has 10 nitrogen and oxygen atoms in total. The molecule has 0 amide bonds. The molecule has 0 saturated carbocycles. The van der Waals surface area contributed by atoms with Crippen LogP contribution in [0.2, 0.25) is 0 Å². The standard InChI is InChI=1S/4C28H18N2S.C16H10N2S/c1-3-11-19(12-4-1)21-15-7-8-16-22(21)28-29-25(20-13-5-2-6-14-20)27-26(30-28)23-17-9-10-18-24(23)31-27;1-3-10-19(11-4-1)21-14-9-15-22(18-21)28-29-25(20-12-5-2-6-13-20)27-26(30-28)23-16-7-8-17-24(23)31-27;1-3-9-19(10-4-1)20-15-17-21(18-16-20)25-27-26(23-13-7-8-14-24(23)31-27)30-28(29-25)22-11-5-2-6-12-22;1-3-9-19(10-4-1)20-15-17-22(18-16-20)28-29-25(21-11-5-2-6-12-21)27-26(30-28)23-13-7-8-14-24(23)31-27;1-2-6-11(7-3-1)16-17-10-14-15(18-16)12-8-4-5-9-13(12)19-14/h4*1-18H;1-10H. The third-order valence-corrected chi connectivity index (χ3v) is 31.0. The van der Waals surface area contributed by atoms with Gasteiger partial charge in [-0.1, -0.05) is 455 Å². The van der Waals surface area contributed by atoms with Gasteiger partial charge in [0.1, 0.15) is 0 Å². The van der Waals surface area contributed by atoms with Crippen LogP contribution in [0.25, 0.3) is 248 Å². The highest BCUT2D eigenvalue weighted by molar-refractivity contribution is 7.28. The van der Waals surface area contributed by atoms with Crippen LogP contribution < -0.4 is 0 Å². The van der Waals surface area contributed by atoms with Gasteiger partial charge in [0, 0.05) is 107 Å². The van der Waals surface area contributed by atoms with E-state index < -0.39 is 0 Å². The Bertz CT molecular complexity index is 9400. The van der Waals surface area contributed by atoms with E-state index in [-0.39, 0.29) is 0 Å². The van der Waals surface area contributed by atoms with Gasteiger partial charge in [-0.15, -0.1) is 56.7 Å². The lowest BCUT2D eigenvalue weighted by atomic mass is 9.99. The van der Waals surface area contributed by atoms with Crippen molar-refractivity contribution in [3.05, 3.63) is 498 Å². The predicted octanol–water partition coefficient (Wildman–Crippen LogP) is 35.9. The molecule has 0 atom stereocenters. The second-order valence-electron chi connectivity index (χ2n) is 34.3. The number of thiophene rings is 5. The largest absolute Gasteiger partial charge is 0.235 e. The number of hydrogen-bond donors (Lipinski definition) is 0. The summed E-state index contributed by atoms with van der Waals surface area (Å²) < 4.78 is 11.9. The second-order valence-corrected chi connectivity index (χ2v) is 39.6. The van der Waals surface area contributed by atoms with Gasteiger partial charge in [0.15, 0.2) is 29.1 Å². The molecule has 28 aromatic rings. The second kappa shape index (κ2) is 40.1. The van der Waals surface area contributed by atoms with Gasteiger partial charge in [0.2, 0.25) is 0 Å². The summed E-state index contributed by atoms with van der Waals surface area (Å²) in [5.41, 5.74) is 28.2. The van der Waals surface area contributed by atoms with Gasteiger partial charge in [-0.2, -0.15) is 0 Å². The van der Waals surface area contributed by atoms with Crippen molar-refractivity contribution in [2.45, 2.75) is 0 Å². The van der Waals surface area contributed by atoms with Crippen molar-refractivity contribution < 1.29 is 0 Å². The highest BCUT2D eigenvalue weighted by atomic mass is 32.1. The Labute approximate surface area is 845 Å². The zero-order valence-corrected chi connectivity index (χ0v) is 80.9. The smallest absolute Gasteiger partial charge is 0.161 e. The SMILES string of the molecule is c1ccc(-c2ccc(-c3nc(-c4ccccc4)c4sc5ccccc5c4n3)cc2)cc1.c1ccc(-c2ccc(-c3nc(-c4ccccc4)nc4c3sc3ccccc34)cc2)cc1.c1ccc(-c2cccc(-c3nc(-c4ccccc4)c4sc5ccccc5c4n3)c2)cc1.c1ccc(-c2ccccc2-c2nc(-c3ccccc3)c3sc4ccccc4c3n2)cc1.c1ccc(-c2ncc3sc4ccccc4c3n2)cc1. The summed E-state index contributed by atoms with van der Waals surface area (Å²) in [4.78, 5) is 49.6. The maximum atomic E-state index is 5.12. The van der Waals surface area contributed by atoms with Crippen molar-refractivity contribution in [1.82, 2.24) is 49.8 Å². The lowest BCUT2D eigenvalue weighted by molar-refractivity contribution is 1.24. The molecule has 0 spiro atoms. The maximum absolute atomic E-state index is 5.12. The molecule has 0 N–H and O–H groups in total. The van der Waals surface area contributed by atoms with E-state index in [1.807, 2.05) is 97.2 Å². The number of benzene rings is 18. The topological polar surface area (TPSA) is 129 Å². The van der Waals surface area contributed by atoms with E-state index in [9.17, 15) is 0 Å². The third-order valence-electron chi connectivity index (χ3n) is 25.2. The minimum atomic E-state index is 0.757. The summed E-state index contributed by atoms with van der Waals surface area (Å²) >= 11 is 8.79. The van der Waals surface area contributed by atoms with Gasteiger partial charge in [0.25, 0.3) is 0 Å². The quantitative estimate of drug-likeness (QED) is 0.110. The van der Waals surface area contributed by atoms with Crippen molar-refractivity contribution in [2.75, 3.05) is 0 Å². The Balaban J connectivity index is 0.0000000972. The number of aromatic nitrogens is 10. The van der Waals surface area contributed by atoms with Gasteiger partial charge in [-0.25, -0.2) is 49.8 Å². The number of nitrogens with zero attached hydrogens (tertiary/aromatic N) is 10. The first kappa shape index (κ1) is 88.2. The van der Waals surface area contributed by atoms with Crippen LogP contribution in [0, 0.1) is 0 Å². The summed E-state index contributed by atoms with van der Waals surface area (Å²) in [6, 6.07) is 170. The monoisotopic (exact) mass is 1920 g/mol. The Morgan fingerprint density at radius 2 is 0.364 bits per heavy atom. The molecule has 143 heavy (non-hydrogen) atoms. The Kier molecular flexibility index (Phi) is 24.7. The molecule has 10 aromatic heterocycles. The van der Waals surface area contributed by atoms with Gasteiger partial charge in [0.05, 0.1) is 73.9 Å². The average molecular weight is 1920 g/mol. The van der Waals surface area contributed by atoms with Crippen LogP contribution in [0.1, 0.15) is 0 Å². The van der Waals surface area contributed by atoms with Crippen molar-refractivity contribution >= 4 is 158 Å². The minimum absolute atomic E-state index is 0.757. The molecule has 10 heterocycles. The Hall–Kier alpha value is -17.5. The van der Waals surface area contributed by atoms with Gasteiger partial charge < -0.3 is 0 Å². The Morgan fingerprint density at radius 3 is 0.748 bits per heavy atom. The van der Waals surface area contributed by atoms with Crippen LogP contribution in [0.4, 0.5) is 0 Å². The van der Waals surface area contributed by atoms with Crippen molar-refractivity contribution in [2.24, 2.45) is 0 Å². The fourth-order valence-electron chi connectivity index (χ4n) is 18.2. The molecule has 0 radical (unpaired) electrons. The molecule has 28 rings (SSSR count). The number of hydrogen-bond acceptors (Lipinski definition) is 15. The summed E-state index contributed by atoms with van der Waals surface area (Å²) in [5.74, 6) is 3.83.